The minimum atomic E-state index is -2.94. The van der Waals surface area contributed by atoms with Crippen LogP contribution >= 0.6 is 0 Å². The molecule has 114 valence electrons. The zero-order valence-corrected chi connectivity index (χ0v) is 13.2. The normalized spacial score (nSPS) is 13.7. The first-order chi connectivity index (χ1) is 9.28. The molecule has 0 heterocycles. The number of nitrogens with one attached hydrogen (secondary N) is 1. The molecule has 1 aromatic carbocycles. The van der Waals surface area contributed by atoms with Gasteiger partial charge in [-0.25, -0.2) is 12.8 Å². The summed E-state index contributed by atoms with van der Waals surface area (Å²) in [6.07, 6.45) is 2.58. The molecule has 0 fully saturated rings. The molecule has 1 rings (SSSR count). The van der Waals surface area contributed by atoms with Gasteiger partial charge in [-0.15, -0.1) is 0 Å². The van der Waals surface area contributed by atoms with Gasteiger partial charge in [-0.05, 0) is 36.5 Å². The van der Waals surface area contributed by atoms with E-state index in [9.17, 15) is 12.8 Å². The smallest absolute Gasteiger partial charge is 0.147 e. The van der Waals surface area contributed by atoms with Gasteiger partial charge in [0.2, 0.25) is 0 Å². The third-order valence-corrected chi connectivity index (χ3v) is 4.19. The van der Waals surface area contributed by atoms with E-state index in [1.54, 1.807) is 6.07 Å². The second-order valence-corrected chi connectivity index (χ2v) is 7.85. The minimum Gasteiger partial charge on any atom is -0.314 e. The van der Waals surface area contributed by atoms with Gasteiger partial charge in [-0.3, -0.25) is 0 Å². The van der Waals surface area contributed by atoms with Crippen LogP contribution in [0.2, 0.25) is 0 Å². The van der Waals surface area contributed by atoms with Crippen LogP contribution < -0.4 is 5.32 Å². The van der Waals surface area contributed by atoms with Crippen molar-refractivity contribution in [3.63, 3.8) is 0 Å². The molecule has 0 amide bonds. The van der Waals surface area contributed by atoms with Crippen molar-refractivity contribution in [2.75, 3.05) is 18.6 Å². The Morgan fingerprint density at radius 3 is 2.55 bits per heavy atom. The van der Waals surface area contributed by atoms with Crippen LogP contribution in [0.1, 0.15) is 38.2 Å². The fraction of sp³-hybridized carbons (Fsp3) is 0.600. The number of rotatable bonds is 8. The molecule has 3 nitrogen and oxygen atoms in total. The third-order valence-electron chi connectivity index (χ3n) is 3.16. The summed E-state index contributed by atoms with van der Waals surface area (Å²) in [6.45, 7) is 4.84. The molecule has 1 unspecified atom stereocenters. The van der Waals surface area contributed by atoms with Gasteiger partial charge in [0.05, 0.1) is 0 Å². The average Bonchev–Trinajstić information content (AvgIpc) is 2.31. The number of sulfone groups is 1. The molecule has 0 saturated carbocycles. The lowest BCUT2D eigenvalue weighted by Gasteiger charge is -2.19. The predicted molar refractivity (Wildman–Crippen MR) is 81.2 cm³/mol. The van der Waals surface area contributed by atoms with Crippen molar-refractivity contribution in [1.82, 2.24) is 5.32 Å². The molecule has 20 heavy (non-hydrogen) atoms. The van der Waals surface area contributed by atoms with E-state index < -0.39 is 9.84 Å². The Kier molecular flexibility index (Phi) is 6.62. The van der Waals surface area contributed by atoms with E-state index in [0.717, 1.165) is 18.5 Å². The predicted octanol–water partition coefficient (Wildman–Crippen LogP) is 2.73. The first-order valence-electron chi connectivity index (χ1n) is 6.94. The summed E-state index contributed by atoms with van der Waals surface area (Å²) in [5.41, 5.74) is 0.923. The summed E-state index contributed by atoms with van der Waals surface area (Å²) < 4.78 is 35.7. The van der Waals surface area contributed by atoms with Gasteiger partial charge < -0.3 is 5.32 Å². The maximum atomic E-state index is 13.3. The highest BCUT2D eigenvalue weighted by molar-refractivity contribution is 7.90. The Morgan fingerprint density at radius 1 is 1.30 bits per heavy atom. The largest absolute Gasteiger partial charge is 0.314 e. The zero-order chi connectivity index (χ0) is 15.2. The van der Waals surface area contributed by atoms with Gasteiger partial charge in [-0.2, -0.15) is 0 Å². The number of halogens is 1. The Bertz CT molecular complexity index is 514. The fourth-order valence-corrected chi connectivity index (χ4v) is 2.81. The first-order valence-corrected chi connectivity index (χ1v) is 9.00. The lowest BCUT2D eigenvalue weighted by atomic mass is 9.94. The van der Waals surface area contributed by atoms with Crippen molar-refractivity contribution < 1.29 is 12.8 Å². The summed E-state index contributed by atoms with van der Waals surface area (Å²) in [6, 6.07) is 6.90. The van der Waals surface area contributed by atoms with Crippen molar-refractivity contribution in [2.45, 2.75) is 38.6 Å². The zero-order valence-electron chi connectivity index (χ0n) is 12.4. The van der Waals surface area contributed by atoms with Crippen LogP contribution in [0.25, 0.3) is 0 Å². The molecule has 1 N–H and O–H groups in total. The first kappa shape index (κ1) is 17.1. The summed E-state index contributed by atoms with van der Waals surface area (Å²) in [5, 5.41) is 3.34. The lowest BCUT2D eigenvalue weighted by Crippen LogP contribution is -2.28. The second kappa shape index (κ2) is 7.74. The van der Waals surface area contributed by atoms with Gasteiger partial charge in [0.15, 0.2) is 0 Å². The molecule has 0 aromatic heterocycles. The Morgan fingerprint density at radius 2 is 2.00 bits per heavy atom. The van der Waals surface area contributed by atoms with Gasteiger partial charge in [0.1, 0.15) is 15.7 Å². The second-order valence-electron chi connectivity index (χ2n) is 5.59. The molecule has 0 saturated heterocycles. The Balaban J connectivity index is 2.69. The highest BCUT2D eigenvalue weighted by atomic mass is 32.2. The molecular formula is C15H24FNO2S. The summed E-state index contributed by atoms with van der Waals surface area (Å²) in [7, 11) is -2.94. The van der Waals surface area contributed by atoms with Crippen molar-refractivity contribution in [2.24, 2.45) is 0 Å². The molecule has 0 aliphatic carbocycles. The van der Waals surface area contributed by atoms with Crippen LogP contribution in [0, 0.1) is 5.82 Å². The summed E-state index contributed by atoms with van der Waals surface area (Å²) in [4.78, 5) is 0. The van der Waals surface area contributed by atoms with E-state index in [1.165, 1.54) is 18.4 Å². The molecule has 0 aliphatic rings. The van der Waals surface area contributed by atoms with Gasteiger partial charge in [-0.1, -0.05) is 26.0 Å². The fourth-order valence-electron chi connectivity index (χ4n) is 2.12. The molecule has 5 heteroatoms. The Hall–Kier alpha value is -0.940. The topological polar surface area (TPSA) is 46.2 Å². The molecule has 0 spiro atoms. The van der Waals surface area contributed by atoms with Crippen LogP contribution in [0.15, 0.2) is 24.3 Å². The maximum Gasteiger partial charge on any atom is 0.147 e. The van der Waals surface area contributed by atoms with Crippen molar-refractivity contribution in [1.29, 1.82) is 0 Å². The van der Waals surface area contributed by atoms with Crippen molar-refractivity contribution in [3.05, 3.63) is 35.6 Å². The molecule has 0 bridgehead atoms. The molecule has 1 atom stereocenters. The maximum absolute atomic E-state index is 13.3. The van der Waals surface area contributed by atoms with E-state index in [0.29, 0.717) is 12.5 Å². The molecular weight excluding hydrogens is 277 g/mol. The van der Waals surface area contributed by atoms with Crippen LogP contribution in [0.5, 0.6) is 0 Å². The minimum absolute atomic E-state index is 0.134. The van der Waals surface area contributed by atoms with Crippen molar-refractivity contribution in [3.8, 4) is 0 Å². The van der Waals surface area contributed by atoms with Crippen LogP contribution in [0.4, 0.5) is 4.39 Å². The van der Waals surface area contributed by atoms with Gasteiger partial charge in [0.25, 0.3) is 0 Å². The lowest BCUT2D eigenvalue weighted by molar-refractivity contribution is 0.501. The Labute approximate surface area is 121 Å². The standard InChI is InChI=1S/C15H24FNO2S/c1-12(2)17-11-14(7-5-9-20(3,18)19)13-6-4-8-15(16)10-13/h4,6,8,10,12,14,17H,5,7,9,11H2,1-3H3. The van der Waals surface area contributed by atoms with E-state index >= 15 is 0 Å². The van der Waals surface area contributed by atoms with Gasteiger partial charge >= 0.3 is 0 Å². The van der Waals surface area contributed by atoms with E-state index in [4.69, 9.17) is 0 Å². The van der Waals surface area contributed by atoms with Crippen molar-refractivity contribution >= 4 is 9.84 Å². The number of benzene rings is 1. The third kappa shape index (κ3) is 7.01. The van der Waals surface area contributed by atoms with E-state index in [-0.39, 0.29) is 17.5 Å². The molecule has 0 aliphatic heterocycles. The quantitative estimate of drug-likeness (QED) is 0.803. The monoisotopic (exact) mass is 301 g/mol. The van der Waals surface area contributed by atoms with E-state index in [1.807, 2.05) is 6.07 Å². The SMILES string of the molecule is CC(C)NCC(CCCS(C)(=O)=O)c1cccc(F)c1. The van der Waals surface area contributed by atoms with Crippen LogP contribution in [-0.2, 0) is 9.84 Å². The summed E-state index contributed by atoms with van der Waals surface area (Å²) in [5.74, 6) is 0.0653. The number of hydrogen-bond acceptors (Lipinski definition) is 3. The van der Waals surface area contributed by atoms with Crippen LogP contribution in [0.3, 0.4) is 0 Å². The van der Waals surface area contributed by atoms with E-state index in [2.05, 4.69) is 19.2 Å². The molecule has 0 radical (unpaired) electrons. The average molecular weight is 301 g/mol. The van der Waals surface area contributed by atoms with Gasteiger partial charge in [0, 0.05) is 24.6 Å². The summed E-state index contributed by atoms with van der Waals surface area (Å²) >= 11 is 0. The van der Waals surface area contributed by atoms with Crippen LogP contribution in [-0.4, -0.2) is 33.0 Å². The highest BCUT2D eigenvalue weighted by Crippen LogP contribution is 2.22. The molecule has 1 aromatic rings. The highest BCUT2D eigenvalue weighted by Gasteiger charge is 2.14. The number of hydrogen-bond donors (Lipinski definition) is 1.